The number of nitrogens with one attached hydrogen (secondary N) is 1. The highest BCUT2D eigenvalue weighted by Crippen LogP contribution is 2.15. The van der Waals surface area contributed by atoms with Crippen molar-refractivity contribution in [3.63, 3.8) is 0 Å². The second kappa shape index (κ2) is 7.46. The van der Waals surface area contributed by atoms with E-state index in [2.05, 4.69) is 17.1 Å². The fourth-order valence-corrected chi connectivity index (χ4v) is 3.16. The summed E-state index contributed by atoms with van der Waals surface area (Å²) < 4.78 is 23.2. The second-order valence-electron chi connectivity index (χ2n) is 5.50. The summed E-state index contributed by atoms with van der Waals surface area (Å²) in [7, 11) is -2.88. The van der Waals surface area contributed by atoms with Crippen LogP contribution in [0.5, 0.6) is 0 Å². The lowest BCUT2D eigenvalue weighted by atomic mass is 9.97. The molecule has 0 aromatic carbocycles. The maximum Gasteiger partial charge on any atom is 0.153 e. The lowest BCUT2D eigenvalue weighted by molar-refractivity contribution is 0.190. The van der Waals surface area contributed by atoms with Crippen LogP contribution in [0.15, 0.2) is 0 Å². The van der Waals surface area contributed by atoms with Crippen molar-refractivity contribution >= 4 is 9.84 Å². The van der Waals surface area contributed by atoms with Gasteiger partial charge in [-0.2, -0.15) is 0 Å². The Morgan fingerprint density at radius 2 is 1.89 bits per heavy atom. The van der Waals surface area contributed by atoms with Crippen LogP contribution in [0.1, 0.15) is 33.6 Å². The summed E-state index contributed by atoms with van der Waals surface area (Å²) in [6.45, 7) is 10.8. The molecule has 18 heavy (non-hydrogen) atoms. The number of sulfone groups is 1. The largest absolute Gasteiger partial charge is 0.315 e. The van der Waals surface area contributed by atoms with Crippen LogP contribution >= 0.6 is 0 Å². The molecule has 0 radical (unpaired) electrons. The molecular formula is C13H28N2O2S. The molecule has 0 atom stereocenters. The molecule has 1 aliphatic rings. The van der Waals surface area contributed by atoms with Crippen molar-refractivity contribution in [1.29, 1.82) is 0 Å². The van der Waals surface area contributed by atoms with Crippen LogP contribution in [0.2, 0.25) is 0 Å². The Bertz CT molecular complexity index is 320. The van der Waals surface area contributed by atoms with Crippen LogP contribution in [0.25, 0.3) is 0 Å². The molecule has 1 saturated heterocycles. The first-order chi connectivity index (χ1) is 8.45. The normalized spacial score (nSPS) is 19.6. The molecule has 0 spiro atoms. The number of likely N-dealkylation sites (tertiary alicyclic amines) is 1. The fourth-order valence-electron chi connectivity index (χ4n) is 2.26. The average molecular weight is 276 g/mol. The molecule has 0 aromatic heterocycles. The highest BCUT2D eigenvalue weighted by Gasteiger charge is 2.18. The zero-order chi connectivity index (χ0) is 13.6. The van der Waals surface area contributed by atoms with Gasteiger partial charge in [0, 0.05) is 6.54 Å². The SMILES string of the molecule is CCN1CCC(CNCCS(=O)(=O)C(C)C)CC1. The number of hydrogen-bond acceptors (Lipinski definition) is 4. The Hall–Kier alpha value is -0.130. The van der Waals surface area contributed by atoms with E-state index in [4.69, 9.17) is 0 Å². The van der Waals surface area contributed by atoms with Crippen LogP contribution in [0, 0.1) is 5.92 Å². The van der Waals surface area contributed by atoms with Crippen LogP contribution < -0.4 is 5.32 Å². The van der Waals surface area contributed by atoms with Gasteiger partial charge in [-0.15, -0.1) is 0 Å². The Kier molecular flexibility index (Phi) is 6.60. The van der Waals surface area contributed by atoms with Crippen molar-refractivity contribution in [3.05, 3.63) is 0 Å². The van der Waals surface area contributed by atoms with Crippen molar-refractivity contribution in [2.75, 3.05) is 38.5 Å². The van der Waals surface area contributed by atoms with Gasteiger partial charge in [0.25, 0.3) is 0 Å². The van der Waals surface area contributed by atoms with Gasteiger partial charge in [-0.1, -0.05) is 6.92 Å². The third kappa shape index (κ3) is 5.24. The van der Waals surface area contributed by atoms with E-state index in [9.17, 15) is 8.42 Å². The first-order valence-electron chi connectivity index (χ1n) is 7.10. The quantitative estimate of drug-likeness (QED) is 0.708. The van der Waals surface area contributed by atoms with Gasteiger partial charge < -0.3 is 10.2 Å². The lowest BCUT2D eigenvalue weighted by Gasteiger charge is -2.31. The van der Waals surface area contributed by atoms with Gasteiger partial charge in [-0.3, -0.25) is 0 Å². The van der Waals surface area contributed by atoms with Gasteiger partial charge in [0.2, 0.25) is 0 Å². The van der Waals surface area contributed by atoms with Crippen LogP contribution in [-0.4, -0.2) is 57.0 Å². The number of rotatable bonds is 7. The van der Waals surface area contributed by atoms with Gasteiger partial charge in [-0.25, -0.2) is 8.42 Å². The summed E-state index contributed by atoms with van der Waals surface area (Å²) in [5.41, 5.74) is 0. The van der Waals surface area contributed by atoms with Crippen molar-refractivity contribution in [2.24, 2.45) is 5.92 Å². The molecule has 0 aliphatic carbocycles. The Labute approximate surface area is 112 Å². The molecular weight excluding hydrogens is 248 g/mol. The first-order valence-corrected chi connectivity index (χ1v) is 8.82. The minimum atomic E-state index is -2.88. The van der Waals surface area contributed by atoms with Crippen molar-refractivity contribution < 1.29 is 8.42 Å². The summed E-state index contributed by atoms with van der Waals surface area (Å²) in [5.74, 6) is 0.980. The molecule has 4 nitrogen and oxygen atoms in total. The third-order valence-corrected chi connectivity index (χ3v) is 6.08. The van der Waals surface area contributed by atoms with Gasteiger partial charge in [0.1, 0.15) is 0 Å². The molecule has 0 unspecified atom stereocenters. The predicted molar refractivity (Wildman–Crippen MR) is 76.6 cm³/mol. The predicted octanol–water partition coefficient (Wildman–Crippen LogP) is 1.13. The van der Waals surface area contributed by atoms with Gasteiger partial charge in [0.05, 0.1) is 11.0 Å². The molecule has 5 heteroatoms. The maximum atomic E-state index is 11.6. The highest BCUT2D eigenvalue weighted by molar-refractivity contribution is 7.92. The number of hydrogen-bond donors (Lipinski definition) is 1. The molecule has 1 fully saturated rings. The Balaban J connectivity index is 2.12. The van der Waals surface area contributed by atoms with Crippen LogP contribution in [0.3, 0.4) is 0 Å². The maximum absolute atomic E-state index is 11.6. The zero-order valence-corrected chi connectivity index (χ0v) is 12.8. The van der Waals surface area contributed by atoms with E-state index in [1.165, 1.54) is 25.9 Å². The summed E-state index contributed by atoms with van der Waals surface area (Å²) in [6.07, 6.45) is 2.47. The van der Waals surface area contributed by atoms with Crippen molar-refractivity contribution in [3.8, 4) is 0 Å². The summed E-state index contributed by atoms with van der Waals surface area (Å²) in [5, 5.41) is 3.04. The highest BCUT2D eigenvalue weighted by atomic mass is 32.2. The summed E-state index contributed by atoms with van der Waals surface area (Å²) >= 11 is 0. The van der Waals surface area contributed by atoms with Crippen molar-refractivity contribution in [2.45, 2.75) is 38.9 Å². The number of piperidine rings is 1. The van der Waals surface area contributed by atoms with E-state index in [0.717, 1.165) is 19.0 Å². The van der Waals surface area contributed by atoms with E-state index in [-0.39, 0.29) is 11.0 Å². The molecule has 0 bridgehead atoms. The van der Waals surface area contributed by atoms with Gasteiger partial charge in [0.15, 0.2) is 9.84 Å². The lowest BCUT2D eigenvalue weighted by Crippen LogP contribution is -2.38. The standard InChI is InChI=1S/C13H28N2O2S/c1-4-15-8-5-13(6-9-15)11-14-7-10-18(16,17)12(2)3/h12-14H,4-11H2,1-3H3. The van der Waals surface area contributed by atoms with Gasteiger partial charge >= 0.3 is 0 Å². The van der Waals surface area contributed by atoms with E-state index < -0.39 is 9.84 Å². The van der Waals surface area contributed by atoms with E-state index in [0.29, 0.717) is 6.54 Å². The molecule has 1 rings (SSSR count). The smallest absolute Gasteiger partial charge is 0.153 e. The molecule has 1 heterocycles. The number of nitrogens with zero attached hydrogens (tertiary/aromatic N) is 1. The second-order valence-corrected chi connectivity index (χ2v) is 8.17. The zero-order valence-electron chi connectivity index (χ0n) is 12.0. The van der Waals surface area contributed by atoms with Crippen molar-refractivity contribution in [1.82, 2.24) is 10.2 Å². The summed E-state index contributed by atoms with van der Waals surface area (Å²) in [4.78, 5) is 2.47. The molecule has 0 aromatic rings. The average Bonchev–Trinajstić information content (AvgIpc) is 2.35. The molecule has 1 N–H and O–H groups in total. The molecule has 0 amide bonds. The topological polar surface area (TPSA) is 49.4 Å². The third-order valence-electron chi connectivity index (χ3n) is 3.87. The Morgan fingerprint density at radius 3 is 2.39 bits per heavy atom. The van der Waals surface area contributed by atoms with Crippen LogP contribution in [0.4, 0.5) is 0 Å². The minimum absolute atomic E-state index is 0.257. The minimum Gasteiger partial charge on any atom is -0.315 e. The van der Waals surface area contributed by atoms with Gasteiger partial charge in [-0.05, 0) is 58.8 Å². The van der Waals surface area contributed by atoms with Crippen LogP contribution in [-0.2, 0) is 9.84 Å². The van der Waals surface area contributed by atoms with E-state index in [1.807, 2.05) is 0 Å². The van der Waals surface area contributed by atoms with E-state index >= 15 is 0 Å². The summed E-state index contributed by atoms with van der Waals surface area (Å²) in [6, 6.07) is 0. The monoisotopic (exact) mass is 276 g/mol. The molecule has 1 aliphatic heterocycles. The Morgan fingerprint density at radius 1 is 1.28 bits per heavy atom. The fraction of sp³-hybridized carbons (Fsp3) is 1.00. The molecule has 0 saturated carbocycles. The first kappa shape index (κ1) is 15.9. The van der Waals surface area contributed by atoms with E-state index in [1.54, 1.807) is 13.8 Å². The molecule has 108 valence electrons.